The molecule has 6 nitrogen and oxygen atoms in total. The molecule has 0 N–H and O–H groups in total. The van der Waals surface area contributed by atoms with Gasteiger partial charge in [0.25, 0.3) is 0 Å². The number of Topliss-reactive ketones (excluding diaryl/α,β-unsaturated/α-hetero) is 1. The summed E-state index contributed by atoms with van der Waals surface area (Å²) in [6, 6.07) is 0. The first kappa shape index (κ1) is 12.7. The highest BCUT2D eigenvalue weighted by atomic mass is 16.7. The first-order valence-electron chi connectivity index (χ1n) is 4.89. The van der Waals surface area contributed by atoms with Gasteiger partial charge < -0.3 is 14.2 Å². The Morgan fingerprint density at radius 1 is 1.44 bits per heavy atom. The molecule has 0 unspecified atom stereocenters. The van der Waals surface area contributed by atoms with Crippen molar-refractivity contribution in [3.8, 4) is 5.75 Å². The van der Waals surface area contributed by atoms with Crippen molar-refractivity contribution in [2.24, 2.45) is 0 Å². The molecular formula is C10H16N2O4. The Bertz CT molecular complexity index is 336. The second-order valence-electron chi connectivity index (χ2n) is 3.04. The second kappa shape index (κ2) is 5.62. The van der Waals surface area contributed by atoms with Crippen LogP contribution in [-0.2, 0) is 16.0 Å². The fourth-order valence-electron chi connectivity index (χ4n) is 1.43. The summed E-state index contributed by atoms with van der Waals surface area (Å²) in [5.41, 5.74) is 0.360. The molecule has 0 atom stereocenters. The number of hydrogen-bond acceptors (Lipinski definition) is 5. The lowest BCUT2D eigenvalue weighted by Gasteiger charge is -2.13. The lowest BCUT2D eigenvalue weighted by molar-refractivity contribution is -0.0747. The number of ketones is 1. The van der Waals surface area contributed by atoms with E-state index >= 15 is 0 Å². The molecule has 0 saturated carbocycles. The van der Waals surface area contributed by atoms with Gasteiger partial charge in [-0.05, 0) is 6.92 Å². The zero-order valence-electron chi connectivity index (χ0n) is 9.89. The Morgan fingerprint density at radius 2 is 2.06 bits per heavy atom. The minimum atomic E-state index is -0.934. The van der Waals surface area contributed by atoms with Crippen molar-refractivity contribution < 1.29 is 19.0 Å². The van der Waals surface area contributed by atoms with Gasteiger partial charge in [-0.15, -0.1) is 0 Å². The number of rotatable bonds is 6. The lowest BCUT2D eigenvalue weighted by atomic mass is 10.2. The molecule has 1 heterocycles. The number of aryl methyl sites for hydroxylation is 1. The quantitative estimate of drug-likeness (QED) is 0.530. The van der Waals surface area contributed by atoms with Crippen molar-refractivity contribution >= 4 is 5.78 Å². The first-order chi connectivity index (χ1) is 7.69. The van der Waals surface area contributed by atoms with E-state index in [1.54, 1.807) is 4.68 Å². The average molecular weight is 228 g/mol. The summed E-state index contributed by atoms with van der Waals surface area (Å²) in [6.45, 7) is 2.46. The molecule has 0 bridgehead atoms. The van der Waals surface area contributed by atoms with Gasteiger partial charge >= 0.3 is 0 Å². The van der Waals surface area contributed by atoms with Crippen LogP contribution in [0.25, 0.3) is 0 Å². The number of methoxy groups -OCH3 is 3. The maximum atomic E-state index is 12.0. The van der Waals surface area contributed by atoms with Crippen molar-refractivity contribution in [2.75, 3.05) is 21.3 Å². The van der Waals surface area contributed by atoms with E-state index in [0.29, 0.717) is 18.0 Å². The number of ether oxygens (including phenoxy) is 3. The summed E-state index contributed by atoms with van der Waals surface area (Å²) in [4.78, 5) is 12.0. The summed E-state index contributed by atoms with van der Waals surface area (Å²) >= 11 is 0. The fourth-order valence-corrected chi connectivity index (χ4v) is 1.43. The number of carbonyl (C=O) groups is 1. The van der Waals surface area contributed by atoms with Gasteiger partial charge in [-0.25, -0.2) is 0 Å². The molecule has 1 rings (SSSR count). The van der Waals surface area contributed by atoms with Gasteiger partial charge in [0.05, 0.1) is 13.3 Å². The molecule has 0 saturated heterocycles. The SMILES string of the molecule is CCn1ncc(OC)c1C(=O)C(OC)OC. The smallest absolute Gasteiger partial charge is 0.240 e. The van der Waals surface area contributed by atoms with Gasteiger partial charge in [0.1, 0.15) is 0 Å². The van der Waals surface area contributed by atoms with Crippen molar-refractivity contribution in [1.29, 1.82) is 0 Å². The van der Waals surface area contributed by atoms with E-state index in [-0.39, 0.29) is 5.78 Å². The van der Waals surface area contributed by atoms with Crippen LogP contribution in [0.3, 0.4) is 0 Å². The number of carbonyl (C=O) groups excluding carboxylic acids is 1. The molecule has 0 aliphatic rings. The molecular weight excluding hydrogens is 212 g/mol. The predicted molar refractivity (Wildman–Crippen MR) is 56.6 cm³/mol. The van der Waals surface area contributed by atoms with E-state index in [2.05, 4.69) is 5.10 Å². The van der Waals surface area contributed by atoms with E-state index in [1.165, 1.54) is 27.5 Å². The van der Waals surface area contributed by atoms with Gasteiger partial charge in [-0.1, -0.05) is 0 Å². The molecule has 0 fully saturated rings. The van der Waals surface area contributed by atoms with Crippen LogP contribution < -0.4 is 4.74 Å². The molecule has 90 valence electrons. The molecule has 0 aliphatic heterocycles. The van der Waals surface area contributed by atoms with Crippen molar-refractivity contribution in [3.05, 3.63) is 11.9 Å². The maximum absolute atomic E-state index is 12.0. The molecule has 1 aromatic heterocycles. The highest BCUT2D eigenvalue weighted by molar-refractivity contribution is 5.99. The third kappa shape index (κ3) is 2.23. The molecule has 0 aliphatic carbocycles. The van der Waals surface area contributed by atoms with Crippen LogP contribution in [0.1, 0.15) is 17.4 Å². The van der Waals surface area contributed by atoms with Crippen molar-refractivity contribution in [1.82, 2.24) is 9.78 Å². The molecule has 0 amide bonds. The molecule has 0 spiro atoms. The highest BCUT2D eigenvalue weighted by Crippen LogP contribution is 2.20. The highest BCUT2D eigenvalue weighted by Gasteiger charge is 2.26. The van der Waals surface area contributed by atoms with Crippen molar-refractivity contribution in [2.45, 2.75) is 19.8 Å². The van der Waals surface area contributed by atoms with Gasteiger partial charge in [0.2, 0.25) is 12.1 Å². The Labute approximate surface area is 94.1 Å². The molecule has 6 heteroatoms. The zero-order chi connectivity index (χ0) is 12.1. The van der Waals surface area contributed by atoms with Crippen LogP contribution in [0.2, 0.25) is 0 Å². The van der Waals surface area contributed by atoms with Gasteiger partial charge in [0.15, 0.2) is 11.4 Å². The van der Waals surface area contributed by atoms with E-state index in [4.69, 9.17) is 14.2 Å². The summed E-state index contributed by atoms with van der Waals surface area (Å²) in [5, 5.41) is 4.04. The monoisotopic (exact) mass is 228 g/mol. The van der Waals surface area contributed by atoms with Gasteiger partial charge in [-0.3, -0.25) is 9.48 Å². The summed E-state index contributed by atoms with van der Waals surface area (Å²) in [6.07, 6.45) is 0.565. The van der Waals surface area contributed by atoms with E-state index in [9.17, 15) is 4.79 Å². The fraction of sp³-hybridized carbons (Fsp3) is 0.600. The number of hydrogen-bond donors (Lipinski definition) is 0. The van der Waals surface area contributed by atoms with Gasteiger partial charge in [0, 0.05) is 20.8 Å². The largest absolute Gasteiger partial charge is 0.493 e. The summed E-state index contributed by atoms with van der Waals surface area (Å²) < 4.78 is 16.5. The number of aromatic nitrogens is 2. The van der Waals surface area contributed by atoms with Crippen LogP contribution in [0, 0.1) is 0 Å². The van der Waals surface area contributed by atoms with Crippen LogP contribution in [-0.4, -0.2) is 43.2 Å². The molecule has 0 radical (unpaired) electrons. The minimum Gasteiger partial charge on any atom is -0.493 e. The number of nitrogens with zero attached hydrogens (tertiary/aromatic N) is 2. The molecule has 0 aromatic carbocycles. The molecule has 16 heavy (non-hydrogen) atoms. The van der Waals surface area contributed by atoms with Crippen LogP contribution in [0.4, 0.5) is 0 Å². The summed E-state index contributed by atoms with van der Waals surface area (Å²) in [5.74, 6) is 0.118. The summed E-state index contributed by atoms with van der Waals surface area (Å²) in [7, 11) is 4.30. The van der Waals surface area contributed by atoms with Crippen LogP contribution in [0.15, 0.2) is 6.20 Å². The Balaban J connectivity index is 3.09. The van der Waals surface area contributed by atoms with Crippen LogP contribution >= 0.6 is 0 Å². The Morgan fingerprint density at radius 3 is 2.50 bits per heavy atom. The van der Waals surface area contributed by atoms with E-state index < -0.39 is 6.29 Å². The van der Waals surface area contributed by atoms with Crippen molar-refractivity contribution in [3.63, 3.8) is 0 Å². The van der Waals surface area contributed by atoms with Crippen LogP contribution in [0.5, 0.6) is 5.75 Å². The van der Waals surface area contributed by atoms with E-state index in [0.717, 1.165) is 0 Å². The normalized spacial score (nSPS) is 10.8. The maximum Gasteiger partial charge on any atom is 0.240 e. The van der Waals surface area contributed by atoms with E-state index in [1.807, 2.05) is 6.92 Å². The standard InChI is InChI=1S/C10H16N2O4/c1-5-12-8(7(14-2)6-11-12)9(13)10(15-3)16-4/h6,10H,5H2,1-4H3. The van der Waals surface area contributed by atoms with Gasteiger partial charge in [-0.2, -0.15) is 5.10 Å². The Kier molecular flexibility index (Phi) is 4.45. The average Bonchev–Trinajstić information content (AvgIpc) is 2.72. The third-order valence-electron chi connectivity index (χ3n) is 2.20. The first-order valence-corrected chi connectivity index (χ1v) is 4.89. The topological polar surface area (TPSA) is 62.6 Å². The molecule has 1 aromatic rings. The third-order valence-corrected chi connectivity index (χ3v) is 2.20. The zero-order valence-corrected chi connectivity index (χ0v) is 9.89. The predicted octanol–water partition coefficient (Wildman–Crippen LogP) is 0.713. The Hall–Kier alpha value is -1.40. The second-order valence-corrected chi connectivity index (χ2v) is 3.04. The minimum absolute atomic E-state index is 0.304. The lowest BCUT2D eigenvalue weighted by Crippen LogP contribution is -2.27.